The number of hydrogen-bond acceptors (Lipinski definition) is 1. The van der Waals surface area contributed by atoms with Gasteiger partial charge in [0, 0.05) is 6.21 Å². The standard InChI is InChI=1S/C12H15N/c1-5-11-8-7-9(3)10(4)12(11)13-6-2/h5-8H,1H2,2-4H3/b13-6-. The van der Waals surface area contributed by atoms with E-state index in [0.717, 1.165) is 11.3 Å². The smallest absolute Gasteiger partial charge is 0.0729 e. The lowest BCUT2D eigenvalue weighted by molar-refractivity contribution is 1.30. The molecule has 1 rings (SSSR count). The Kier molecular flexibility index (Phi) is 3.02. The predicted molar refractivity (Wildman–Crippen MR) is 59.8 cm³/mol. The van der Waals surface area contributed by atoms with Gasteiger partial charge >= 0.3 is 0 Å². The topological polar surface area (TPSA) is 12.4 Å². The van der Waals surface area contributed by atoms with E-state index in [4.69, 9.17) is 0 Å². The molecule has 13 heavy (non-hydrogen) atoms. The molecule has 68 valence electrons. The van der Waals surface area contributed by atoms with Gasteiger partial charge in [0.05, 0.1) is 5.69 Å². The summed E-state index contributed by atoms with van der Waals surface area (Å²) in [6.07, 6.45) is 3.66. The van der Waals surface area contributed by atoms with E-state index in [2.05, 4.69) is 37.6 Å². The van der Waals surface area contributed by atoms with Crippen molar-refractivity contribution in [2.45, 2.75) is 20.8 Å². The molecule has 0 saturated heterocycles. The maximum absolute atomic E-state index is 4.34. The van der Waals surface area contributed by atoms with Crippen molar-refractivity contribution in [2.24, 2.45) is 4.99 Å². The van der Waals surface area contributed by atoms with Gasteiger partial charge in [-0.3, -0.25) is 4.99 Å². The van der Waals surface area contributed by atoms with E-state index in [1.165, 1.54) is 11.1 Å². The van der Waals surface area contributed by atoms with E-state index in [1.807, 2.05) is 19.2 Å². The Morgan fingerprint density at radius 3 is 2.54 bits per heavy atom. The van der Waals surface area contributed by atoms with E-state index in [9.17, 15) is 0 Å². The minimum atomic E-state index is 1.04. The number of hydrogen-bond donors (Lipinski definition) is 0. The van der Waals surface area contributed by atoms with Crippen molar-refractivity contribution in [1.29, 1.82) is 0 Å². The van der Waals surface area contributed by atoms with Gasteiger partial charge in [0.1, 0.15) is 0 Å². The van der Waals surface area contributed by atoms with Crippen LogP contribution in [0.15, 0.2) is 23.7 Å². The van der Waals surface area contributed by atoms with Gasteiger partial charge in [-0.1, -0.05) is 24.8 Å². The number of aryl methyl sites for hydroxylation is 1. The summed E-state index contributed by atoms with van der Waals surface area (Å²) in [5.41, 5.74) is 4.64. The second-order valence-corrected chi connectivity index (χ2v) is 3.04. The molecule has 0 aromatic heterocycles. The number of rotatable bonds is 2. The zero-order valence-electron chi connectivity index (χ0n) is 8.46. The average molecular weight is 173 g/mol. The summed E-state index contributed by atoms with van der Waals surface area (Å²) in [4.78, 5) is 4.34. The number of aliphatic imine (C=N–C) groups is 1. The van der Waals surface area contributed by atoms with Crippen LogP contribution in [0.1, 0.15) is 23.6 Å². The van der Waals surface area contributed by atoms with Crippen molar-refractivity contribution in [1.82, 2.24) is 0 Å². The number of benzene rings is 1. The molecule has 0 heterocycles. The van der Waals surface area contributed by atoms with E-state index < -0.39 is 0 Å². The van der Waals surface area contributed by atoms with Crippen LogP contribution in [0.4, 0.5) is 5.69 Å². The fourth-order valence-corrected chi connectivity index (χ4v) is 1.29. The highest BCUT2D eigenvalue weighted by atomic mass is 14.7. The highest BCUT2D eigenvalue weighted by Crippen LogP contribution is 2.27. The van der Waals surface area contributed by atoms with Crippen LogP contribution in [-0.4, -0.2) is 6.21 Å². The summed E-state index contributed by atoms with van der Waals surface area (Å²) >= 11 is 0. The zero-order valence-corrected chi connectivity index (χ0v) is 8.46. The van der Waals surface area contributed by atoms with Crippen LogP contribution in [0.25, 0.3) is 6.08 Å². The van der Waals surface area contributed by atoms with Crippen molar-refractivity contribution in [2.75, 3.05) is 0 Å². The Balaban J connectivity index is 3.40. The minimum absolute atomic E-state index is 1.04. The fourth-order valence-electron chi connectivity index (χ4n) is 1.29. The third-order valence-corrected chi connectivity index (χ3v) is 2.21. The lowest BCUT2D eigenvalue weighted by Crippen LogP contribution is -1.85. The quantitative estimate of drug-likeness (QED) is 0.605. The molecular weight excluding hydrogens is 158 g/mol. The monoisotopic (exact) mass is 173 g/mol. The van der Waals surface area contributed by atoms with Crippen LogP contribution in [0.5, 0.6) is 0 Å². The lowest BCUT2D eigenvalue weighted by atomic mass is 10.0. The first-order valence-corrected chi connectivity index (χ1v) is 4.42. The molecule has 1 aromatic carbocycles. The van der Waals surface area contributed by atoms with Crippen LogP contribution in [-0.2, 0) is 0 Å². The first-order chi connectivity index (χ1) is 6.20. The third-order valence-electron chi connectivity index (χ3n) is 2.21. The van der Waals surface area contributed by atoms with Crippen molar-refractivity contribution < 1.29 is 0 Å². The van der Waals surface area contributed by atoms with Gasteiger partial charge in [-0.2, -0.15) is 0 Å². The van der Waals surface area contributed by atoms with E-state index in [1.54, 1.807) is 0 Å². The molecule has 1 nitrogen and oxygen atoms in total. The molecule has 0 aliphatic carbocycles. The molecule has 0 aliphatic heterocycles. The summed E-state index contributed by atoms with van der Waals surface area (Å²) in [6.45, 7) is 9.88. The van der Waals surface area contributed by atoms with Crippen molar-refractivity contribution in [3.63, 3.8) is 0 Å². The Bertz CT molecular complexity index is 348. The van der Waals surface area contributed by atoms with Crippen LogP contribution in [0.3, 0.4) is 0 Å². The Morgan fingerprint density at radius 2 is 2.00 bits per heavy atom. The Hall–Kier alpha value is -1.37. The largest absolute Gasteiger partial charge is 0.261 e. The molecule has 0 saturated carbocycles. The van der Waals surface area contributed by atoms with E-state index in [-0.39, 0.29) is 0 Å². The van der Waals surface area contributed by atoms with Crippen molar-refractivity contribution >= 4 is 18.0 Å². The maximum atomic E-state index is 4.34. The second kappa shape index (κ2) is 4.04. The molecule has 1 heteroatoms. The molecule has 0 unspecified atom stereocenters. The highest BCUT2D eigenvalue weighted by Gasteiger charge is 2.02. The molecule has 0 fully saturated rings. The Labute approximate surface area is 79.8 Å². The van der Waals surface area contributed by atoms with Crippen LogP contribution in [0, 0.1) is 13.8 Å². The van der Waals surface area contributed by atoms with Crippen LogP contribution in [0.2, 0.25) is 0 Å². The minimum Gasteiger partial charge on any atom is -0.261 e. The van der Waals surface area contributed by atoms with Crippen LogP contribution < -0.4 is 0 Å². The summed E-state index contributed by atoms with van der Waals surface area (Å²) in [7, 11) is 0. The van der Waals surface area contributed by atoms with Gasteiger partial charge in [-0.25, -0.2) is 0 Å². The highest BCUT2D eigenvalue weighted by molar-refractivity contribution is 5.72. The molecule has 0 spiro atoms. The Morgan fingerprint density at radius 1 is 1.31 bits per heavy atom. The number of nitrogens with zero attached hydrogens (tertiary/aromatic N) is 1. The molecule has 0 atom stereocenters. The molecule has 0 amide bonds. The zero-order chi connectivity index (χ0) is 9.84. The molecule has 0 bridgehead atoms. The first-order valence-electron chi connectivity index (χ1n) is 4.42. The average Bonchev–Trinajstić information content (AvgIpc) is 2.14. The first kappa shape index (κ1) is 9.72. The molecule has 0 radical (unpaired) electrons. The third kappa shape index (κ3) is 1.86. The van der Waals surface area contributed by atoms with Crippen molar-refractivity contribution in [3.05, 3.63) is 35.4 Å². The SMILES string of the molecule is C=Cc1ccc(C)c(C)c1/N=C\C. The maximum Gasteiger partial charge on any atom is 0.0729 e. The van der Waals surface area contributed by atoms with Gasteiger partial charge in [0.15, 0.2) is 0 Å². The normalized spacial score (nSPS) is 10.7. The molecule has 0 N–H and O–H groups in total. The molecule has 1 aromatic rings. The fraction of sp³-hybridized carbons (Fsp3) is 0.250. The second-order valence-electron chi connectivity index (χ2n) is 3.04. The summed E-state index contributed by atoms with van der Waals surface area (Å²) < 4.78 is 0. The van der Waals surface area contributed by atoms with Crippen LogP contribution >= 0.6 is 0 Å². The summed E-state index contributed by atoms with van der Waals surface area (Å²) in [6, 6.07) is 4.15. The van der Waals surface area contributed by atoms with Gasteiger partial charge in [-0.15, -0.1) is 0 Å². The van der Waals surface area contributed by atoms with Gasteiger partial charge in [0.25, 0.3) is 0 Å². The lowest BCUT2D eigenvalue weighted by Gasteiger charge is -2.07. The summed E-state index contributed by atoms with van der Waals surface area (Å²) in [5, 5.41) is 0. The van der Waals surface area contributed by atoms with Gasteiger partial charge < -0.3 is 0 Å². The van der Waals surface area contributed by atoms with Gasteiger partial charge in [-0.05, 0) is 37.5 Å². The molecular formula is C12H15N. The predicted octanol–water partition coefficient (Wildman–Crippen LogP) is 3.67. The molecule has 0 aliphatic rings. The van der Waals surface area contributed by atoms with Crippen molar-refractivity contribution in [3.8, 4) is 0 Å². The van der Waals surface area contributed by atoms with E-state index >= 15 is 0 Å². The van der Waals surface area contributed by atoms with Gasteiger partial charge in [0.2, 0.25) is 0 Å². The summed E-state index contributed by atoms with van der Waals surface area (Å²) in [5.74, 6) is 0. The van der Waals surface area contributed by atoms with E-state index in [0.29, 0.717) is 0 Å².